The summed E-state index contributed by atoms with van der Waals surface area (Å²) in [6.45, 7) is 11.1. The van der Waals surface area contributed by atoms with Crippen LogP contribution in [0, 0.1) is 0 Å². The molecule has 0 saturated carbocycles. The Morgan fingerprint density at radius 2 is 0.644 bits per heavy atom. The van der Waals surface area contributed by atoms with Gasteiger partial charge in [0.05, 0.1) is 25.4 Å². The van der Waals surface area contributed by atoms with Crippen molar-refractivity contribution in [1.82, 2.24) is 4.90 Å². The van der Waals surface area contributed by atoms with Crippen molar-refractivity contribution >= 4 is 0 Å². The first-order valence-electron chi connectivity index (χ1n) is 20.4. The van der Waals surface area contributed by atoms with Gasteiger partial charge in [0.25, 0.3) is 0 Å². The third kappa shape index (κ3) is 36.5. The fourth-order valence-corrected chi connectivity index (χ4v) is 6.25. The Morgan fingerprint density at radius 1 is 0.378 bits per heavy atom. The number of hydrogen-bond donors (Lipinski definition) is 2. The van der Waals surface area contributed by atoms with Gasteiger partial charge in [-0.1, -0.05) is 181 Å². The molecule has 2 atom stereocenters. The van der Waals surface area contributed by atoms with E-state index < -0.39 is 12.2 Å². The summed E-state index contributed by atoms with van der Waals surface area (Å²) in [5.41, 5.74) is 0. The lowest BCUT2D eigenvalue weighted by Gasteiger charge is -2.27. The number of aliphatic hydroxyl groups is 2. The molecule has 2 N–H and O–H groups in total. The Morgan fingerprint density at radius 3 is 0.956 bits per heavy atom. The van der Waals surface area contributed by atoms with Crippen LogP contribution < -0.4 is 0 Å². The second-order valence-corrected chi connectivity index (χ2v) is 14.1. The molecule has 0 heterocycles. The van der Waals surface area contributed by atoms with E-state index in [0.717, 1.165) is 39.0 Å². The monoisotopic (exact) mass is 642 g/mol. The molecule has 0 aliphatic heterocycles. The standard InChI is InChI=1S/C40H83NO4/c1-4-7-10-13-16-19-20-21-22-23-26-29-32-41(35-39(42)37-44-33-30-27-24-17-14-11-8-5-2)36-40(43)38-45-34-31-28-25-18-15-12-9-6-3/h39-40,42-43H,4-38H2,1-3H3. The summed E-state index contributed by atoms with van der Waals surface area (Å²) in [6.07, 6.45) is 35.7. The van der Waals surface area contributed by atoms with E-state index in [0.29, 0.717) is 26.3 Å². The molecule has 0 radical (unpaired) electrons. The summed E-state index contributed by atoms with van der Waals surface area (Å²) in [4.78, 5) is 2.24. The van der Waals surface area contributed by atoms with E-state index >= 15 is 0 Å². The fraction of sp³-hybridized carbons (Fsp3) is 1.00. The molecule has 0 aromatic heterocycles. The largest absolute Gasteiger partial charge is 0.389 e. The molecule has 0 saturated heterocycles. The van der Waals surface area contributed by atoms with Crippen LogP contribution in [0.5, 0.6) is 0 Å². The summed E-state index contributed by atoms with van der Waals surface area (Å²) in [6, 6.07) is 0. The lowest BCUT2D eigenvalue weighted by atomic mass is 10.1. The number of nitrogens with zero attached hydrogens (tertiary/aromatic N) is 1. The fourth-order valence-electron chi connectivity index (χ4n) is 6.25. The van der Waals surface area contributed by atoms with Crippen molar-refractivity contribution in [2.45, 2.75) is 213 Å². The van der Waals surface area contributed by atoms with Crippen LogP contribution in [-0.2, 0) is 9.47 Å². The van der Waals surface area contributed by atoms with Crippen molar-refractivity contribution in [2.75, 3.05) is 46.1 Å². The molecule has 272 valence electrons. The summed E-state index contributed by atoms with van der Waals surface area (Å²) < 4.78 is 11.7. The van der Waals surface area contributed by atoms with E-state index in [1.54, 1.807) is 0 Å². The summed E-state index contributed by atoms with van der Waals surface area (Å²) >= 11 is 0. The van der Waals surface area contributed by atoms with Gasteiger partial charge in [-0.2, -0.15) is 0 Å². The van der Waals surface area contributed by atoms with E-state index in [1.165, 1.54) is 161 Å². The number of hydrogen-bond acceptors (Lipinski definition) is 5. The maximum Gasteiger partial charge on any atom is 0.0900 e. The highest BCUT2D eigenvalue weighted by Crippen LogP contribution is 2.13. The quantitative estimate of drug-likeness (QED) is 0.0654. The highest BCUT2D eigenvalue weighted by Gasteiger charge is 2.16. The van der Waals surface area contributed by atoms with Crippen LogP contribution in [0.4, 0.5) is 0 Å². The third-order valence-corrected chi connectivity index (χ3v) is 9.17. The van der Waals surface area contributed by atoms with Crippen LogP contribution in [0.25, 0.3) is 0 Å². The maximum absolute atomic E-state index is 10.7. The lowest BCUT2D eigenvalue weighted by molar-refractivity contribution is -0.0113. The predicted octanol–water partition coefficient (Wildman–Crippen LogP) is 11.0. The highest BCUT2D eigenvalue weighted by molar-refractivity contribution is 4.69. The lowest BCUT2D eigenvalue weighted by Crippen LogP contribution is -2.41. The van der Waals surface area contributed by atoms with Crippen LogP contribution in [-0.4, -0.2) is 73.4 Å². The first-order chi connectivity index (χ1) is 22.1. The molecule has 5 heteroatoms. The van der Waals surface area contributed by atoms with E-state index in [1.807, 2.05) is 0 Å². The minimum Gasteiger partial charge on any atom is -0.389 e. The first kappa shape index (κ1) is 44.8. The summed E-state index contributed by atoms with van der Waals surface area (Å²) in [5.74, 6) is 0. The van der Waals surface area contributed by atoms with Crippen molar-refractivity contribution in [3.05, 3.63) is 0 Å². The average Bonchev–Trinajstić information content (AvgIpc) is 3.03. The number of rotatable bonds is 39. The Balaban J connectivity index is 4.19. The molecule has 0 aliphatic carbocycles. The Bertz CT molecular complexity index is 502. The van der Waals surface area contributed by atoms with E-state index in [4.69, 9.17) is 9.47 Å². The SMILES string of the molecule is CCCCCCCCCCCCCCN(CC(O)COCCCCCCCCCC)CC(O)COCCCCCCCCCC. The van der Waals surface area contributed by atoms with Gasteiger partial charge in [0.1, 0.15) is 0 Å². The van der Waals surface area contributed by atoms with Crippen molar-refractivity contribution in [3.8, 4) is 0 Å². The van der Waals surface area contributed by atoms with Crippen LogP contribution in [0.2, 0.25) is 0 Å². The van der Waals surface area contributed by atoms with Gasteiger partial charge in [-0.05, 0) is 25.8 Å². The summed E-state index contributed by atoms with van der Waals surface area (Å²) in [5, 5.41) is 21.5. The van der Waals surface area contributed by atoms with Gasteiger partial charge >= 0.3 is 0 Å². The topological polar surface area (TPSA) is 62.2 Å². The molecule has 0 aromatic carbocycles. The molecule has 0 fully saturated rings. The Hall–Kier alpha value is -0.200. The highest BCUT2D eigenvalue weighted by atomic mass is 16.5. The Kier molecular flexibility index (Phi) is 38.1. The van der Waals surface area contributed by atoms with Crippen LogP contribution in [0.15, 0.2) is 0 Å². The predicted molar refractivity (Wildman–Crippen MR) is 196 cm³/mol. The minimum absolute atomic E-state index is 0.385. The number of unbranched alkanes of at least 4 members (excludes halogenated alkanes) is 25. The molecular weight excluding hydrogens is 558 g/mol. The van der Waals surface area contributed by atoms with Crippen molar-refractivity contribution in [2.24, 2.45) is 0 Å². The average molecular weight is 642 g/mol. The molecule has 0 aromatic rings. The molecule has 0 spiro atoms. The number of ether oxygens (including phenoxy) is 2. The molecule has 45 heavy (non-hydrogen) atoms. The smallest absolute Gasteiger partial charge is 0.0900 e. The van der Waals surface area contributed by atoms with Gasteiger partial charge in [0.15, 0.2) is 0 Å². The molecule has 2 unspecified atom stereocenters. The van der Waals surface area contributed by atoms with Gasteiger partial charge in [-0.25, -0.2) is 0 Å². The molecule has 0 aliphatic rings. The van der Waals surface area contributed by atoms with Crippen molar-refractivity contribution in [3.63, 3.8) is 0 Å². The zero-order valence-corrected chi connectivity index (χ0v) is 31.1. The van der Waals surface area contributed by atoms with E-state index in [-0.39, 0.29) is 0 Å². The van der Waals surface area contributed by atoms with E-state index in [9.17, 15) is 10.2 Å². The van der Waals surface area contributed by atoms with Gasteiger partial charge in [0.2, 0.25) is 0 Å². The zero-order chi connectivity index (χ0) is 32.9. The van der Waals surface area contributed by atoms with Crippen molar-refractivity contribution in [1.29, 1.82) is 0 Å². The maximum atomic E-state index is 10.7. The first-order valence-corrected chi connectivity index (χ1v) is 20.4. The van der Waals surface area contributed by atoms with Gasteiger partial charge in [-0.3, -0.25) is 4.90 Å². The minimum atomic E-state index is -0.512. The molecule has 0 bridgehead atoms. The van der Waals surface area contributed by atoms with Crippen LogP contribution in [0.3, 0.4) is 0 Å². The molecule has 0 rings (SSSR count). The second-order valence-electron chi connectivity index (χ2n) is 14.1. The van der Waals surface area contributed by atoms with Gasteiger partial charge in [0, 0.05) is 26.3 Å². The zero-order valence-electron chi connectivity index (χ0n) is 31.1. The molecule has 0 amide bonds. The second kappa shape index (κ2) is 38.2. The molecular formula is C40H83NO4. The van der Waals surface area contributed by atoms with Gasteiger partial charge in [-0.15, -0.1) is 0 Å². The van der Waals surface area contributed by atoms with Crippen LogP contribution >= 0.6 is 0 Å². The normalized spacial score (nSPS) is 13.2. The van der Waals surface area contributed by atoms with Crippen molar-refractivity contribution < 1.29 is 19.7 Å². The third-order valence-electron chi connectivity index (χ3n) is 9.17. The molecule has 5 nitrogen and oxygen atoms in total. The van der Waals surface area contributed by atoms with E-state index in [2.05, 4.69) is 25.7 Å². The summed E-state index contributed by atoms with van der Waals surface area (Å²) in [7, 11) is 0. The van der Waals surface area contributed by atoms with Crippen LogP contribution in [0.1, 0.15) is 201 Å². The Labute approximate surface area is 283 Å². The number of aliphatic hydroxyl groups excluding tert-OH is 2. The van der Waals surface area contributed by atoms with Gasteiger partial charge < -0.3 is 19.7 Å².